The van der Waals surface area contributed by atoms with Crippen LogP contribution in [0.25, 0.3) is 0 Å². The summed E-state index contributed by atoms with van der Waals surface area (Å²) in [5.41, 5.74) is 0.179. The van der Waals surface area contributed by atoms with Crippen LogP contribution in [0.15, 0.2) is 24.3 Å². The number of nitrogens with one attached hydrogen (secondary N) is 2. The standard InChI is InChI=1S/C18H20N6O3S/c1-18-8-7-15(26)24(18)12-6-4-3-5-11(12)16(27)23(18)10-14(25)19-9-13-20-21-17(28)22(13)2/h3-6H,7-10H2,1-2H3,(H,19,25)(H,21,28). The summed E-state index contributed by atoms with van der Waals surface area (Å²) in [6.07, 6.45) is 0.813. The third kappa shape index (κ3) is 2.71. The van der Waals surface area contributed by atoms with Crippen molar-refractivity contribution < 1.29 is 14.4 Å². The molecule has 1 atom stereocenters. The van der Waals surface area contributed by atoms with Gasteiger partial charge in [-0.3, -0.25) is 24.4 Å². The first-order chi connectivity index (χ1) is 13.3. The van der Waals surface area contributed by atoms with E-state index in [-0.39, 0.29) is 30.8 Å². The summed E-state index contributed by atoms with van der Waals surface area (Å²) in [5, 5.41) is 9.48. The smallest absolute Gasteiger partial charge is 0.258 e. The van der Waals surface area contributed by atoms with Crippen molar-refractivity contribution in [2.24, 2.45) is 7.05 Å². The fourth-order valence-corrected chi connectivity index (χ4v) is 4.01. The van der Waals surface area contributed by atoms with Crippen molar-refractivity contribution in [3.63, 3.8) is 0 Å². The Labute approximate surface area is 166 Å². The van der Waals surface area contributed by atoms with Gasteiger partial charge in [0.1, 0.15) is 12.2 Å². The van der Waals surface area contributed by atoms with Crippen LogP contribution in [-0.2, 0) is 23.2 Å². The van der Waals surface area contributed by atoms with E-state index in [0.717, 1.165) is 0 Å². The van der Waals surface area contributed by atoms with E-state index in [0.29, 0.717) is 34.7 Å². The van der Waals surface area contributed by atoms with E-state index in [1.165, 1.54) is 4.90 Å². The number of benzene rings is 1. The number of rotatable bonds is 4. The van der Waals surface area contributed by atoms with E-state index in [1.54, 1.807) is 40.8 Å². The molecule has 28 heavy (non-hydrogen) atoms. The van der Waals surface area contributed by atoms with Gasteiger partial charge in [-0.2, -0.15) is 5.10 Å². The second-order valence-electron chi connectivity index (χ2n) is 7.14. The Morgan fingerprint density at radius 3 is 2.82 bits per heavy atom. The fraction of sp³-hybridized carbons (Fsp3) is 0.389. The van der Waals surface area contributed by atoms with E-state index in [4.69, 9.17) is 12.2 Å². The largest absolute Gasteiger partial charge is 0.347 e. The molecule has 1 aromatic carbocycles. The molecule has 3 amide bonds. The number of aromatic nitrogens is 3. The Kier molecular flexibility index (Phi) is 4.30. The molecule has 2 aliphatic rings. The lowest BCUT2D eigenvalue weighted by Crippen LogP contribution is -2.63. The van der Waals surface area contributed by atoms with Crippen LogP contribution in [0.5, 0.6) is 0 Å². The quantitative estimate of drug-likeness (QED) is 0.748. The highest BCUT2D eigenvalue weighted by atomic mass is 32.1. The van der Waals surface area contributed by atoms with Gasteiger partial charge in [-0.25, -0.2) is 0 Å². The maximum absolute atomic E-state index is 13.1. The summed E-state index contributed by atoms with van der Waals surface area (Å²) >= 11 is 5.06. The molecule has 0 aliphatic carbocycles. The van der Waals surface area contributed by atoms with E-state index >= 15 is 0 Å². The molecule has 9 nitrogen and oxygen atoms in total. The predicted octanol–water partition coefficient (Wildman–Crippen LogP) is 1.09. The van der Waals surface area contributed by atoms with Crippen molar-refractivity contribution in [1.29, 1.82) is 0 Å². The number of para-hydroxylation sites is 1. The van der Waals surface area contributed by atoms with Crippen molar-refractivity contribution in [2.75, 3.05) is 11.4 Å². The molecule has 0 radical (unpaired) electrons. The number of carbonyl (C=O) groups excluding carboxylic acids is 3. The molecule has 10 heteroatoms. The molecular weight excluding hydrogens is 380 g/mol. The van der Waals surface area contributed by atoms with E-state index in [1.807, 2.05) is 6.92 Å². The first-order valence-electron chi connectivity index (χ1n) is 8.94. The maximum atomic E-state index is 13.1. The SMILES string of the molecule is Cn1c(CNC(=O)CN2C(=O)c3ccccc3N3C(=O)CCC23C)n[nH]c1=S. The van der Waals surface area contributed by atoms with Crippen molar-refractivity contribution in [3.8, 4) is 0 Å². The Hall–Kier alpha value is -3.01. The normalized spacial score (nSPS) is 20.9. The molecule has 0 bridgehead atoms. The van der Waals surface area contributed by atoms with Gasteiger partial charge in [-0.15, -0.1) is 0 Å². The van der Waals surface area contributed by atoms with E-state index < -0.39 is 5.66 Å². The van der Waals surface area contributed by atoms with Crippen LogP contribution in [0.1, 0.15) is 35.9 Å². The number of hydrogen-bond donors (Lipinski definition) is 2. The van der Waals surface area contributed by atoms with Crippen molar-refractivity contribution in [3.05, 3.63) is 40.4 Å². The molecule has 2 N–H and O–H groups in total. The summed E-state index contributed by atoms with van der Waals surface area (Å²) < 4.78 is 2.12. The van der Waals surface area contributed by atoms with Crippen molar-refractivity contribution in [2.45, 2.75) is 32.0 Å². The van der Waals surface area contributed by atoms with Gasteiger partial charge < -0.3 is 14.8 Å². The zero-order valence-electron chi connectivity index (χ0n) is 15.6. The summed E-state index contributed by atoms with van der Waals surface area (Å²) in [4.78, 5) is 41.4. The zero-order chi connectivity index (χ0) is 20.1. The first kappa shape index (κ1) is 18.4. The van der Waals surface area contributed by atoms with Gasteiger partial charge in [-0.1, -0.05) is 12.1 Å². The van der Waals surface area contributed by atoms with Crippen LogP contribution in [0, 0.1) is 4.77 Å². The highest BCUT2D eigenvalue weighted by Crippen LogP contribution is 2.43. The third-order valence-corrected chi connectivity index (χ3v) is 5.83. The summed E-state index contributed by atoms with van der Waals surface area (Å²) in [7, 11) is 1.75. The van der Waals surface area contributed by atoms with Crippen LogP contribution in [0.3, 0.4) is 0 Å². The van der Waals surface area contributed by atoms with Crippen LogP contribution < -0.4 is 10.2 Å². The number of hydrogen-bond acceptors (Lipinski definition) is 5. The van der Waals surface area contributed by atoms with Gasteiger partial charge in [0.15, 0.2) is 10.6 Å². The van der Waals surface area contributed by atoms with Crippen LogP contribution in [0.2, 0.25) is 0 Å². The second-order valence-corrected chi connectivity index (χ2v) is 7.52. The van der Waals surface area contributed by atoms with Crippen LogP contribution in [-0.4, -0.2) is 49.6 Å². The van der Waals surface area contributed by atoms with Crippen LogP contribution in [0.4, 0.5) is 5.69 Å². The lowest BCUT2D eigenvalue weighted by Gasteiger charge is -2.48. The average Bonchev–Trinajstić information content (AvgIpc) is 3.17. The molecule has 1 unspecified atom stereocenters. The minimum atomic E-state index is -0.856. The lowest BCUT2D eigenvalue weighted by molar-refractivity contribution is -0.124. The molecule has 3 heterocycles. The average molecular weight is 400 g/mol. The van der Waals surface area contributed by atoms with Gasteiger partial charge in [0.05, 0.1) is 17.8 Å². The first-order valence-corrected chi connectivity index (χ1v) is 9.35. The topological polar surface area (TPSA) is 103 Å². The van der Waals surface area contributed by atoms with Gasteiger partial charge in [0.25, 0.3) is 5.91 Å². The number of anilines is 1. The lowest BCUT2D eigenvalue weighted by atomic mass is 9.98. The Morgan fingerprint density at radius 1 is 1.36 bits per heavy atom. The molecule has 1 aromatic heterocycles. The Balaban J connectivity index is 1.57. The molecule has 0 spiro atoms. The predicted molar refractivity (Wildman–Crippen MR) is 103 cm³/mol. The van der Waals surface area contributed by atoms with Gasteiger partial charge in [0.2, 0.25) is 11.8 Å². The maximum Gasteiger partial charge on any atom is 0.258 e. The summed E-state index contributed by atoms with van der Waals surface area (Å²) in [5.74, 6) is -0.0496. The Morgan fingerprint density at radius 2 is 2.11 bits per heavy atom. The van der Waals surface area contributed by atoms with Crippen LogP contribution >= 0.6 is 12.2 Å². The van der Waals surface area contributed by atoms with Gasteiger partial charge >= 0.3 is 0 Å². The number of fused-ring (bicyclic) bond motifs is 3. The fourth-order valence-electron chi connectivity index (χ4n) is 3.86. The zero-order valence-corrected chi connectivity index (χ0v) is 16.4. The van der Waals surface area contributed by atoms with E-state index in [9.17, 15) is 14.4 Å². The summed E-state index contributed by atoms with van der Waals surface area (Å²) in [6, 6.07) is 7.01. The molecule has 1 saturated heterocycles. The molecule has 1 fully saturated rings. The molecular formula is C18H20N6O3S. The number of H-pyrrole nitrogens is 1. The van der Waals surface area contributed by atoms with E-state index in [2.05, 4.69) is 15.5 Å². The van der Waals surface area contributed by atoms with Gasteiger partial charge in [-0.05, 0) is 37.7 Å². The summed E-state index contributed by atoms with van der Waals surface area (Å²) in [6.45, 7) is 1.86. The molecule has 4 rings (SSSR count). The third-order valence-electron chi connectivity index (χ3n) is 5.46. The van der Waals surface area contributed by atoms with Crippen molar-refractivity contribution >= 4 is 35.6 Å². The number of carbonyl (C=O) groups is 3. The molecule has 2 aliphatic heterocycles. The second kappa shape index (κ2) is 6.55. The molecule has 146 valence electrons. The monoisotopic (exact) mass is 400 g/mol. The molecule has 0 saturated carbocycles. The highest BCUT2D eigenvalue weighted by Gasteiger charge is 2.53. The molecule has 2 aromatic rings. The highest BCUT2D eigenvalue weighted by molar-refractivity contribution is 7.71. The number of amides is 3. The van der Waals surface area contributed by atoms with Crippen molar-refractivity contribution in [1.82, 2.24) is 25.0 Å². The van der Waals surface area contributed by atoms with Gasteiger partial charge in [0, 0.05) is 13.5 Å². The minimum Gasteiger partial charge on any atom is -0.347 e. The number of nitrogens with zero attached hydrogens (tertiary/aromatic N) is 4. The Bertz CT molecular complexity index is 1040. The minimum absolute atomic E-state index is 0.0469. The number of aromatic amines is 1.